The first-order valence-corrected chi connectivity index (χ1v) is 10.7. The number of rotatable bonds is 6. The van der Waals surface area contributed by atoms with Gasteiger partial charge < -0.3 is 10.2 Å². The summed E-state index contributed by atoms with van der Waals surface area (Å²) in [4.78, 5) is 26.5. The second-order valence-electron chi connectivity index (χ2n) is 7.02. The molecule has 0 radical (unpaired) electrons. The Hall–Kier alpha value is -2.78. The molecule has 2 amide bonds. The van der Waals surface area contributed by atoms with Crippen molar-refractivity contribution in [3.63, 3.8) is 0 Å². The van der Waals surface area contributed by atoms with E-state index in [4.69, 9.17) is 0 Å². The molecule has 1 unspecified atom stereocenters. The van der Waals surface area contributed by atoms with Crippen LogP contribution < -0.4 is 9.62 Å². The molecule has 29 heavy (non-hydrogen) atoms. The molecule has 154 valence electrons. The predicted molar refractivity (Wildman–Crippen MR) is 107 cm³/mol. The van der Waals surface area contributed by atoms with Gasteiger partial charge in [0.2, 0.25) is 15.9 Å². The van der Waals surface area contributed by atoms with Gasteiger partial charge in [-0.3, -0.25) is 9.59 Å². The Labute approximate surface area is 169 Å². The van der Waals surface area contributed by atoms with Crippen molar-refractivity contribution in [2.75, 3.05) is 30.7 Å². The van der Waals surface area contributed by atoms with Crippen LogP contribution in [0.1, 0.15) is 28.4 Å². The van der Waals surface area contributed by atoms with Gasteiger partial charge in [-0.2, -0.15) is 0 Å². The third-order valence-electron chi connectivity index (χ3n) is 4.76. The quantitative estimate of drug-likeness (QED) is 0.773. The number of carbonyl (C=O) groups is 2. The Morgan fingerprint density at radius 1 is 1.21 bits per heavy atom. The molecule has 0 aromatic heterocycles. The van der Waals surface area contributed by atoms with E-state index in [9.17, 15) is 22.4 Å². The Kier molecular flexibility index (Phi) is 5.99. The Morgan fingerprint density at radius 2 is 1.90 bits per heavy atom. The van der Waals surface area contributed by atoms with Crippen molar-refractivity contribution < 1.29 is 22.4 Å². The van der Waals surface area contributed by atoms with Crippen molar-refractivity contribution in [1.29, 1.82) is 0 Å². The third kappa shape index (κ3) is 4.63. The van der Waals surface area contributed by atoms with E-state index in [0.29, 0.717) is 0 Å². The smallest absolute Gasteiger partial charge is 0.251 e. The van der Waals surface area contributed by atoms with Gasteiger partial charge in [-0.25, -0.2) is 17.1 Å². The van der Waals surface area contributed by atoms with Crippen molar-refractivity contribution in [2.45, 2.75) is 12.5 Å². The topological polar surface area (TPSA) is 86.8 Å². The van der Waals surface area contributed by atoms with Gasteiger partial charge in [0.15, 0.2) is 0 Å². The lowest BCUT2D eigenvalue weighted by atomic mass is 10.1. The first kappa shape index (κ1) is 20.9. The van der Waals surface area contributed by atoms with Crippen LogP contribution in [-0.4, -0.2) is 51.5 Å². The second kappa shape index (κ2) is 8.30. The summed E-state index contributed by atoms with van der Waals surface area (Å²) in [5.74, 6) is -1.47. The molecule has 1 heterocycles. The summed E-state index contributed by atoms with van der Waals surface area (Å²) in [5.41, 5.74) is 1.25. The van der Waals surface area contributed by atoms with Crippen LogP contribution in [0.15, 0.2) is 48.5 Å². The van der Waals surface area contributed by atoms with Crippen molar-refractivity contribution >= 4 is 27.5 Å². The Balaban J connectivity index is 1.75. The van der Waals surface area contributed by atoms with Crippen LogP contribution in [0.2, 0.25) is 0 Å². The normalized spacial score (nSPS) is 16.8. The summed E-state index contributed by atoms with van der Waals surface area (Å²) in [6.45, 7) is 0.267. The summed E-state index contributed by atoms with van der Waals surface area (Å²) in [6, 6.07) is 11.8. The highest BCUT2D eigenvalue weighted by Gasteiger charge is 2.36. The van der Waals surface area contributed by atoms with E-state index in [1.807, 2.05) is 19.0 Å². The molecule has 7 nitrogen and oxygen atoms in total. The van der Waals surface area contributed by atoms with Crippen LogP contribution in [0.25, 0.3) is 0 Å². The fraction of sp³-hybridized carbons (Fsp3) is 0.300. The maximum Gasteiger partial charge on any atom is 0.251 e. The predicted octanol–water partition coefficient (Wildman–Crippen LogP) is 1.92. The molecule has 3 rings (SSSR count). The van der Waals surface area contributed by atoms with Crippen molar-refractivity contribution in [3.05, 3.63) is 65.5 Å². The number of hydrogen-bond acceptors (Lipinski definition) is 5. The average Bonchev–Trinajstić information content (AvgIpc) is 2.95. The number of carbonyl (C=O) groups excluding carboxylic acids is 2. The number of sulfonamides is 1. The van der Waals surface area contributed by atoms with Gasteiger partial charge in [0.25, 0.3) is 5.91 Å². The fourth-order valence-electron chi connectivity index (χ4n) is 3.22. The van der Waals surface area contributed by atoms with E-state index in [1.54, 1.807) is 18.2 Å². The van der Waals surface area contributed by atoms with Gasteiger partial charge in [0.05, 0.1) is 17.5 Å². The summed E-state index contributed by atoms with van der Waals surface area (Å²) >= 11 is 0. The average molecular weight is 419 g/mol. The summed E-state index contributed by atoms with van der Waals surface area (Å²) in [5, 5.41) is 2.82. The van der Waals surface area contributed by atoms with E-state index in [1.165, 1.54) is 30.3 Å². The largest absolute Gasteiger partial charge is 0.350 e. The zero-order valence-corrected chi connectivity index (χ0v) is 16.9. The molecule has 1 aliphatic heterocycles. The minimum Gasteiger partial charge on any atom is -0.350 e. The number of hydrogen-bond donors (Lipinski definition) is 1. The minimum absolute atomic E-state index is 0.0685. The van der Waals surface area contributed by atoms with E-state index in [0.717, 1.165) is 9.87 Å². The second-order valence-corrected chi connectivity index (χ2v) is 8.95. The number of halogens is 1. The number of nitrogens with zero attached hydrogens (tertiary/aromatic N) is 2. The molecule has 1 N–H and O–H groups in total. The van der Waals surface area contributed by atoms with E-state index < -0.39 is 21.8 Å². The van der Waals surface area contributed by atoms with E-state index >= 15 is 0 Å². The van der Waals surface area contributed by atoms with Crippen LogP contribution in [-0.2, 0) is 14.8 Å². The van der Waals surface area contributed by atoms with Gasteiger partial charge in [-0.15, -0.1) is 0 Å². The van der Waals surface area contributed by atoms with Crippen LogP contribution >= 0.6 is 0 Å². The van der Waals surface area contributed by atoms with Gasteiger partial charge in [0, 0.05) is 18.5 Å². The molecule has 9 heteroatoms. The monoisotopic (exact) mass is 419 g/mol. The maximum atomic E-state index is 13.2. The molecule has 0 saturated carbocycles. The minimum atomic E-state index is -3.69. The summed E-state index contributed by atoms with van der Waals surface area (Å²) in [7, 11) is 0.0101. The molecule has 1 fully saturated rings. The molecule has 0 aliphatic carbocycles. The van der Waals surface area contributed by atoms with Crippen molar-refractivity contribution in [1.82, 2.24) is 10.2 Å². The standard InChI is InChI=1S/C20H22FN3O4S/c1-23(2)18(14-6-8-16(21)9-7-14)13-22-20(26)15-4-3-5-17(12-15)24-19(25)10-11-29(24,27)28/h3-9,12,18H,10-11,13H2,1-2H3,(H,22,26). The van der Waals surface area contributed by atoms with E-state index in [-0.39, 0.29) is 41.8 Å². The lowest BCUT2D eigenvalue weighted by Gasteiger charge is -2.25. The van der Waals surface area contributed by atoms with Crippen LogP contribution in [0.4, 0.5) is 10.1 Å². The van der Waals surface area contributed by atoms with Crippen LogP contribution in [0, 0.1) is 5.82 Å². The maximum absolute atomic E-state index is 13.2. The van der Waals surface area contributed by atoms with Gasteiger partial charge >= 0.3 is 0 Å². The first-order chi connectivity index (χ1) is 13.7. The molecule has 2 aromatic rings. The SMILES string of the molecule is CN(C)C(CNC(=O)c1cccc(N2C(=O)CCS2(=O)=O)c1)c1ccc(F)cc1. The number of amides is 2. The lowest BCUT2D eigenvalue weighted by Crippen LogP contribution is -2.35. The zero-order valence-electron chi connectivity index (χ0n) is 16.1. The molecule has 1 atom stereocenters. The van der Waals surface area contributed by atoms with Gasteiger partial charge in [-0.05, 0) is 50.0 Å². The summed E-state index contributed by atoms with van der Waals surface area (Å²) < 4.78 is 38.1. The van der Waals surface area contributed by atoms with Gasteiger partial charge in [0.1, 0.15) is 5.82 Å². The van der Waals surface area contributed by atoms with Crippen molar-refractivity contribution in [3.8, 4) is 0 Å². The molecule has 2 aromatic carbocycles. The molecule has 1 aliphatic rings. The Morgan fingerprint density at radius 3 is 2.48 bits per heavy atom. The molecule has 0 spiro atoms. The molecular formula is C20H22FN3O4S. The van der Waals surface area contributed by atoms with Crippen molar-refractivity contribution in [2.24, 2.45) is 0 Å². The third-order valence-corrected chi connectivity index (χ3v) is 6.45. The first-order valence-electron chi connectivity index (χ1n) is 9.05. The lowest BCUT2D eigenvalue weighted by molar-refractivity contribution is -0.116. The molecule has 0 bridgehead atoms. The fourth-order valence-corrected chi connectivity index (χ4v) is 4.67. The molecule has 1 saturated heterocycles. The van der Waals surface area contributed by atoms with E-state index in [2.05, 4.69) is 5.32 Å². The summed E-state index contributed by atoms with van der Waals surface area (Å²) in [6.07, 6.45) is -0.0685. The van der Waals surface area contributed by atoms with Crippen LogP contribution in [0.3, 0.4) is 0 Å². The van der Waals surface area contributed by atoms with Gasteiger partial charge in [-0.1, -0.05) is 18.2 Å². The highest BCUT2D eigenvalue weighted by atomic mass is 32.2. The highest BCUT2D eigenvalue weighted by Crippen LogP contribution is 2.26. The number of benzene rings is 2. The Bertz CT molecular complexity index is 1020. The highest BCUT2D eigenvalue weighted by molar-refractivity contribution is 7.94. The number of nitrogens with one attached hydrogen (secondary N) is 1. The van der Waals surface area contributed by atoms with Crippen LogP contribution in [0.5, 0.6) is 0 Å². The molecular weight excluding hydrogens is 397 g/mol. The number of likely N-dealkylation sites (N-methyl/N-ethyl adjacent to an activating group) is 1. The number of anilines is 1. The zero-order chi connectivity index (χ0) is 21.2.